The number of nitrogens with zero attached hydrogens (tertiary/aromatic N) is 1. The first-order chi connectivity index (χ1) is 10.8. The molecule has 0 bridgehead atoms. The fourth-order valence-corrected chi connectivity index (χ4v) is 2.23. The number of nitrogen functional groups attached to an aromatic ring is 1. The van der Waals surface area contributed by atoms with Crippen LogP contribution < -0.4 is 11.1 Å². The lowest BCUT2D eigenvalue weighted by Crippen LogP contribution is -1.94. The van der Waals surface area contributed by atoms with Crippen LogP contribution >= 0.6 is 0 Å². The molecule has 4 heteroatoms. The lowest BCUT2D eigenvalue weighted by atomic mass is 10.0. The summed E-state index contributed by atoms with van der Waals surface area (Å²) in [6.45, 7) is 0. The van der Waals surface area contributed by atoms with E-state index in [1.807, 2.05) is 54.6 Å². The van der Waals surface area contributed by atoms with Crippen molar-refractivity contribution in [3.63, 3.8) is 0 Å². The summed E-state index contributed by atoms with van der Waals surface area (Å²) in [4.78, 5) is 4.28. The van der Waals surface area contributed by atoms with E-state index in [4.69, 9.17) is 11.1 Å². The van der Waals surface area contributed by atoms with E-state index in [1.54, 1.807) is 12.4 Å². The zero-order valence-electron chi connectivity index (χ0n) is 12.0. The monoisotopic (exact) mass is 288 g/mol. The number of hydrogen-bond acceptors (Lipinski definition) is 4. The number of pyridine rings is 1. The summed E-state index contributed by atoms with van der Waals surface area (Å²) in [6, 6.07) is 17.6. The standard InChI is InChI=1S/C18H16N4/c19-10-14-8-13(6-7-18(14)20)15-9-17(12-21-11-15)22-16-4-2-1-3-5-16/h1-12,19,22H,20H2. The second kappa shape index (κ2) is 6.10. The number of anilines is 3. The first-order valence-corrected chi connectivity index (χ1v) is 6.94. The molecule has 0 unspecified atom stereocenters. The van der Waals surface area contributed by atoms with E-state index in [-0.39, 0.29) is 0 Å². The minimum Gasteiger partial charge on any atom is -0.398 e. The van der Waals surface area contributed by atoms with E-state index < -0.39 is 0 Å². The third kappa shape index (κ3) is 2.96. The van der Waals surface area contributed by atoms with E-state index in [1.165, 1.54) is 6.21 Å². The van der Waals surface area contributed by atoms with Gasteiger partial charge in [-0.15, -0.1) is 0 Å². The minimum absolute atomic E-state index is 0.602. The van der Waals surface area contributed by atoms with E-state index in [0.29, 0.717) is 11.3 Å². The molecule has 1 aromatic heterocycles. The molecule has 4 nitrogen and oxygen atoms in total. The van der Waals surface area contributed by atoms with Gasteiger partial charge in [0.05, 0.1) is 11.9 Å². The molecule has 0 saturated carbocycles. The second-order valence-corrected chi connectivity index (χ2v) is 4.94. The fourth-order valence-electron chi connectivity index (χ4n) is 2.23. The number of nitrogens with two attached hydrogens (primary N) is 1. The average Bonchev–Trinajstić information content (AvgIpc) is 2.56. The number of aromatic nitrogens is 1. The predicted octanol–water partition coefficient (Wildman–Crippen LogP) is 4.07. The number of benzene rings is 2. The Morgan fingerprint density at radius 3 is 2.50 bits per heavy atom. The molecule has 22 heavy (non-hydrogen) atoms. The first-order valence-electron chi connectivity index (χ1n) is 6.94. The zero-order valence-corrected chi connectivity index (χ0v) is 12.0. The van der Waals surface area contributed by atoms with E-state index in [9.17, 15) is 0 Å². The summed E-state index contributed by atoms with van der Waals surface area (Å²) in [5.41, 5.74) is 11.0. The molecule has 4 N–H and O–H groups in total. The van der Waals surface area contributed by atoms with Crippen molar-refractivity contribution >= 4 is 23.3 Å². The SMILES string of the molecule is N=Cc1cc(-c2cncc(Nc3ccccc3)c2)ccc1N. The van der Waals surface area contributed by atoms with Gasteiger partial charge < -0.3 is 16.5 Å². The topological polar surface area (TPSA) is 74.8 Å². The molecule has 0 saturated heterocycles. The summed E-state index contributed by atoms with van der Waals surface area (Å²) in [5.74, 6) is 0. The van der Waals surface area contributed by atoms with Crippen LogP contribution in [0.4, 0.5) is 17.1 Å². The van der Waals surface area contributed by atoms with Crippen molar-refractivity contribution < 1.29 is 0 Å². The Morgan fingerprint density at radius 1 is 0.909 bits per heavy atom. The molecule has 3 aromatic rings. The second-order valence-electron chi connectivity index (χ2n) is 4.94. The van der Waals surface area contributed by atoms with E-state index in [0.717, 1.165) is 22.5 Å². The van der Waals surface area contributed by atoms with Gasteiger partial charge in [0, 0.05) is 34.9 Å². The number of rotatable bonds is 4. The molecule has 0 aliphatic carbocycles. The van der Waals surface area contributed by atoms with E-state index >= 15 is 0 Å². The highest BCUT2D eigenvalue weighted by Gasteiger charge is 2.04. The fraction of sp³-hybridized carbons (Fsp3) is 0. The molecule has 0 aliphatic rings. The van der Waals surface area contributed by atoms with Crippen molar-refractivity contribution in [1.82, 2.24) is 4.98 Å². The van der Waals surface area contributed by atoms with Crippen LogP contribution in [0.1, 0.15) is 5.56 Å². The van der Waals surface area contributed by atoms with Crippen molar-refractivity contribution in [2.75, 3.05) is 11.1 Å². The zero-order chi connectivity index (χ0) is 15.4. The molecule has 0 radical (unpaired) electrons. The van der Waals surface area contributed by atoms with Crippen LogP contribution in [0.2, 0.25) is 0 Å². The summed E-state index contributed by atoms with van der Waals surface area (Å²) in [5, 5.41) is 10.7. The summed E-state index contributed by atoms with van der Waals surface area (Å²) in [6.07, 6.45) is 4.85. The lowest BCUT2D eigenvalue weighted by Gasteiger charge is -2.09. The van der Waals surface area contributed by atoms with Gasteiger partial charge in [-0.1, -0.05) is 24.3 Å². The Kier molecular flexibility index (Phi) is 3.83. The van der Waals surface area contributed by atoms with E-state index in [2.05, 4.69) is 10.3 Å². The molecule has 0 spiro atoms. The van der Waals surface area contributed by atoms with Crippen LogP contribution in [0.3, 0.4) is 0 Å². The molecule has 108 valence electrons. The number of hydrogen-bond donors (Lipinski definition) is 3. The number of para-hydroxylation sites is 1. The molecule has 1 heterocycles. The van der Waals surface area contributed by atoms with Crippen LogP contribution in [0.25, 0.3) is 11.1 Å². The quantitative estimate of drug-likeness (QED) is 0.500. The van der Waals surface area contributed by atoms with Crippen LogP contribution in [0, 0.1) is 5.41 Å². The predicted molar refractivity (Wildman–Crippen MR) is 91.7 cm³/mol. The van der Waals surface area contributed by atoms with Crippen LogP contribution in [-0.4, -0.2) is 11.2 Å². The Balaban J connectivity index is 1.92. The van der Waals surface area contributed by atoms with Gasteiger partial charge in [-0.3, -0.25) is 4.98 Å². The molecule has 3 rings (SSSR count). The highest BCUT2D eigenvalue weighted by molar-refractivity contribution is 5.87. The molecule has 0 amide bonds. The average molecular weight is 288 g/mol. The maximum atomic E-state index is 7.40. The first kappa shape index (κ1) is 13.8. The molecule has 0 atom stereocenters. The summed E-state index contributed by atoms with van der Waals surface area (Å²) in [7, 11) is 0. The van der Waals surface area contributed by atoms with Crippen LogP contribution in [0.5, 0.6) is 0 Å². The van der Waals surface area contributed by atoms with Crippen molar-refractivity contribution in [2.24, 2.45) is 0 Å². The molecule has 0 aliphatic heterocycles. The van der Waals surface area contributed by atoms with Crippen LogP contribution in [-0.2, 0) is 0 Å². The smallest absolute Gasteiger partial charge is 0.0576 e. The maximum absolute atomic E-state index is 7.40. The van der Waals surface area contributed by atoms with Gasteiger partial charge in [0.1, 0.15) is 0 Å². The van der Waals surface area contributed by atoms with Gasteiger partial charge in [-0.25, -0.2) is 0 Å². The largest absolute Gasteiger partial charge is 0.398 e. The van der Waals surface area contributed by atoms with Crippen LogP contribution in [0.15, 0.2) is 67.0 Å². The van der Waals surface area contributed by atoms with Crippen molar-refractivity contribution in [3.05, 3.63) is 72.6 Å². The van der Waals surface area contributed by atoms with Gasteiger partial charge in [-0.05, 0) is 35.9 Å². The maximum Gasteiger partial charge on any atom is 0.0576 e. The third-order valence-electron chi connectivity index (χ3n) is 3.38. The number of nitrogens with one attached hydrogen (secondary N) is 2. The van der Waals surface area contributed by atoms with Gasteiger partial charge in [0.2, 0.25) is 0 Å². The van der Waals surface area contributed by atoms with Gasteiger partial charge in [0.25, 0.3) is 0 Å². The Labute approximate surface area is 129 Å². The third-order valence-corrected chi connectivity index (χ3v) is 3.38. The normalized spacial score (nSPS) is 10.2. The van der Waals surface area contributed by atoms with Crippen molar-refractivity contribution in [1.29, 1.82) is 5.41 Å². The molecular formula is C18H16N4. The Morgan fingerprint density at radius 2 is 1.73 bits per heavy atom. The highest BCUT2D eigenvalue weighted by atomic mass is 14.9. The van der Waals surface area contributed by atoms with Gasteiger partial charge in [-0.2, -0.15) is 0 Å². The Bertz CT molecular complexity index is 797. The summed E-state index contributed by atoms with van der Waals surface area (Å²) >= 11 is 0. The summed E-state index contributed by atoms with van der Waals surface area (Å²) < 4.78 is 0. The lowest BCUT2D eigenvalue weighted by molar-refractivity contribution is 1.32. The van der Waals surface area contributed by atoms with Gasteiger partial charge >= 0.3 is 0 Å². The highest BCUT2D eigenvalue weighted by Crippen LogP contribution is 2.25. The Hall–Kier alpha value is -3.14. The molecule has 2 aromatic carbocycles. The molecule has 0 fully saturated rings. The minimum atomic E-state index is 0.602. The van der Waals surface area contributed by atoms with Crippen molar-refractivity contribution in [3.8, 4) is 11.1 Å². The molecular weight excluding hydrogens is 272 g/mol. The van der Waals surface area contributed by atoms with Gasteiger partial charge in [0.15, 0.2) is 0 Å². The van der Waals surface area contributed by atoms with Crippen molar-refractivity contribution in [2.45, 2.75) is 0 Å².